The van der Waals surface area contributed by atoms with E-state index in [-0.39, 0.29) is 37.4 Å². The normalized spacial score (nSPS) is 12.9. The standard InChI is InChI=1S/C28H41N3O5S/c1-7-22(4)29-28(33)25(8-2)30(20-23-14-11-15-24(19-23)36-5)27(32)17-12-18-31(37(6,34)35)26-16-10-9-13-21(26)3/h9-11,13-16,19,22,25H,7-8,12,17-18,20H2,1-6H3,(H,29,33)/t22-,25-/m0/s1. The number of hydrogen-bond acceptors (Lipinski definition) is 5. The highest BCUT2D eigenvalue weighted by Gasteiger charge is 2.29. The van der Waals surface area contributed by atoms with Crippen molar-refractivity contribution < 1.29 is 22.7 Å². The van der Waals surface area contributed by atoms with Gasteiger partial charge < -0.3 is 15.0 Å². The molecular formula is C28H41N3O5S. The van der Waals surface area contributed by atoms with Gasteiger partial charge in [0.25, 0.3) is 0 Å². The van der Waals surface area contributed by atoms with Gasteiger partial charge in [0.05, 0.1) is 19.1 Å². The lowest BCUT2D eigenvalue weighted by Crippen LogP contribution is -2.50. The zero-order valence-electron chi connectivity index (χ0n) is 22.9. The molecule has 0 spiro atoms. The summed E-state index contributed by atoms with van der Waals surface area (Å²) in [5, 5.41) is 3.00. The number of para-hydroxylation sites is 1. The molecule has 2 rings (SSSR count). The second kappa shape index (κ2) is 14.0. The van der Waals surface area contributed by atoms with Crippen LogP contribution in [-0.4, -0.2) is 57.1 Å². The third-order valence-electron chi connectivity index (χ3n) is 6.41. The molecule has 0 saturated carbocycles. The van der Waals surface area contributed by atoms with Crippen LogP contribution in [0.5, 0.6) is 5.75 Å². The molecule has 1 N–H and O–H groups in total. The molecule has 0 unspecified atom stereocenters. The van der Waals surface area contributed by atoms with Gasteiger partial charge in [-0.15, -0.1) is 0 Å². The van der Waals surface area contributed by atoms with Crippen molar-refractivity contribution >= 4 is 27.5 Å². The van der Waals surface area contributed by atoms with E-state index < -0.39 is 16.1 Å². The molecular weight excluding hydrogens is 490 g/mol. The number of ether oxygens (including phenoxy) is 1. The van der Waals surface area contributed by atoms with E-state index >= 15 is 0 Å². The van der Waals surface area contributed by atoms with Crippen molar-refractivity contribution in [1.82, 2.24) is 10.2 Å². The van der Waals surface area contributed by atoms with Crippen molar-refractivity contribution in [2.24, 2.45) is 0 Å². The Balaban J connectivity index is 2.26. The molecule has 2 amide bonds. The zero-order chi connectivity index (χ0) is 27.6. The molecule has 0 aromatic heterocycles. The number of carbonyl (C=O) groups is 2. The summed E-state index contributed by atoms with van der Waals surface area (Å²) in [6.45, 7) is 8.08. The highest BCUT2D eigenvalue weighted by atomic mass is 32.2. The molecule has 0 fully saturated rings. The Kier molecular flexibility index (Phi) is 11.4. The first kappa shape index (κ1) is 30.2. The van der Waals surface area contributed by atoms with Gasteiger partial charge in [0.15, 0.2) is 0 Å². The molecule has 0 aliphatic rings. The van der Waals surface area contributed by atoms with Crippen LogP contribution in [0.25, 0.3) is 0 Å². The third kappa shape index (κ3) is 8.77. The molecule has 37 heavy (non-hydrogen) atoms. The van der Waals surface area contributed by atoms with Crippen LogP contribution in [0, 0.1) is 6.92 Å². The fraction of sp³-hybridized carbons (Fsp3) is 0.500. The molecule has 2 aromatic carbocycles. The predicted octanol–water partition coefficient (Wildman–Crippen LogP) is 4.27. The maximum Gasteiger partial charge on any atom is 0.243 e. The summed E-state index contributed by atoms with van der Waals surface area (Å²) in [5.41, 5.74) is 2.29. The van der Waals surface area contributed by atoms with Gasteiger partial charge in [0.1, 0.15) is 11.8 Å². The van der Waals surface area contributed by atoms with E-state index in [2.05, 4.69) is 5.32 Å². The van der Waals surface area contributed by atoms with Crippen LogP contribution < -0.4 is 14.4 Å². The lowest BCUT2D eigenvalue weighted by molar-refractivity contribution is -0.141. The lowest BCUT2D eigenvalue weighted by Gasteiger charge is -2.32. The highest BCUT2D eigenvalue weighted by Crippen LogP contribution is 2.23. The van der Waals surface area contributed by atoms with Crippen LogP contribution in [0.2, 0.25) is 0 Å². The molecule has 0 radical (unpaired) electrons. The minimum absolute atomic E-state index is 0.00671. The molecule has 0 saturated heterocycles. The Labute approximate surface area is 222 Å². The number of nitrogens with zero attached hydrogens (tertiary/aromatic N) is 2. The van der Waals surface area contributed by atoms with E-state index in [0.717, 1.165) is 17.5 Å². The largest absolute Gasteiger partial charge is 0.497 e. The summed E-state index contributed by atoms with van der Waals surface area (Å²) < 4.78 is 31.7. The van der Waals surface area contributed by atoms with Crippen molar-refractivity contribution in [2.75, 3.05) is 24.2 Å². The van der Waals surface area contributed by atoms with Gasteiger partial charge >= 0.3 is 0 Å². The van der Waals surface area contributed by atoms with Gasteiger partial charge in [-0.1, -0.05) is 44.2 Å². The van der Waals surface area contributed by atoms with E-state index in [1.165, 1.54) is 10.6 Å². The summed E-state index contributed by atoms with van der Waals surface area (Å²) >= 11 is 0. The summed E-state index contributed by atoms with van der Waals surface area (Å²) in [7, 11) is -1.95. The zero-order valence-corrected chi connectivity index (χ0v) is 23.7. The van der Waals surface area contributed by atoms with Gasteiger partial charge in [-0.25, -0.2) is 8.42 Å². The quantitative estimate of drug-likeness (QED) is 0.393. The molecule has 8 nitrogen and oxygen atoms in total. The SMILES string of the molecule is CC[C@H](C)NC(=O)[C@H](CC)N(Cc1cccc(OC)c1)C(=O)CCCN(c1ccccc1C)S(C)(=O)=O. The minimum Gasteiger partial charge on any atom is -0.497 e. The average Bonchev–Trinajstić information content (AvgIpc) is 2.86. The van der Waals surface area contributed by atoms with Crippen LogP contribution in [-0.2, 0) is 26.2 Å². The Morgan fingerprint density at radius 1 is 1.05 bits per heavy atom. The third-order valence-corrected chi connectivity index (χ3v) is 7.59. The van der Waals surface area contributed by atoms with Crippen molar-refractivity contribution in [3.8, 4) is 5.75 Å². The van der Waals surface area contributed by atoms with Crippen molar-refractivity contribution in [3.63, 3.8) is 0 Å². The van der Waals surface area contributed by atoms with Crippen LogP contribution in [0.15, 0.2) is 48.5 Å². The smallest absolute Gasteiger partial charge is 0.243 e. The first-order valence-electron chi connectivity index (χ1n) is 12.8. The molecule has 0 aliphatic heterocycles. The topological polar surface area (TPSA) is 96.0 Å². The average molecular weight is 532 g/mol. The Morgan fingerprint density at radius 2 is 1.76 bits per heavy atom. The van der Waals surface area contributed by atoms with Crippen molar-refractivity contribution in [3.05, 3.63) is 59.7 Å². The second-order valence-electron chi connectivity index (χ2n) is 9.34. The van der Waals surface area contributed by atoms with Crippen LogP contribution in [0.3, 0.4) is 0 Å². The molecule has 0 bridgehead atoms. The second-order valence-corrected chi connectivity index (χ2v) is 11.2. The maximum atomic E-state index is 13.5. The number of nitrogens with one attached hydrogen (secondary N) is 1. The molecule has 204 valence electrons. The van der Waals surface area contributed by atoms with Gasteiger partial charge in [-0.05, 0) is 62.4 Å². The van der Waals surface area contributed by atoms with Crippen molar-refractivity contribution in [1.29, 1.82) is 0 Å². The lowest BCUT2D eigenvalue weighted by atomic mass is 10.1. The van der Waals surface area contributed by atoms with E-state index in [1.54, 1.807) is 24.1 Å². The number of aryl methyl sites for hydroxylation is 1. The minimum atomic E-state index is -3.54. The van der Waals surface area contributed by atoms with Crippen LogP contribution >= 0.6 is 0 Å². The first-order valence-corrected chi connectivity index (χ1v) is 14.6. The fourth-order valence-corrected chi connectivity index (χ4v) is 5.18. The van der Waals surface area contributed by atoms with Gasteiger partial charge in [-0.3, -0.25) is 13.9 Å². The van der Waals surface area contributed by atoms with E-state index in [9.17, 15) is 18.0 Å². The molecule has 0 aliphatic carbocycles. The number of sulfonamides is 1. The number of benzene rings is 2. The Morgan fingerprint density at radius 3 is 2.35 bits per heavy atom. The summed E-state index contributed by atoms with van der Waals surface area (Å²) in [6.07, 6.45) is 2.83. The van der Waals surface area contributed by atoms with Crippen LogP contribution in [0.4, 0.5) is 5.69 Å². The first-order chi connectivity index (χ1) is 17.5. The van der Waals surface area contributed by atoms with Gasteiger partial charge in [0.2, 0.25) is 21.8 Å². The van der Waals surface area contributed by atoms with Gasteiger partial charge in [0, 0.05) is 25.6 Å². The Hall–Kier alpha value is -3.07. The van der Waals surface area contributed by atoms with E-state index in [4.69, 9.17) is 4.74 Å². The van der Waals surface area contributed by atoms with E-state index in [1.807, 2.05) is 64.1 Å². The number of anilines is 1. The molecule has 9 heteroatoms. The van der Waals surface area contributed by atoms with E-state index in [0.29, 0.717) is 24.3 Å². The molecule has 2 atom stereocenters. The number of carbonyl (C=O) groups excluding carboxylic acids is 2. The van der Waals surface area contributed by atoms with Crippen molar-refractivity contribution in [2.45, 2.75) is 72.0 Å². The monoisotopic (exact) mass is 531 g/mol. The molecule has 2 aromatic rings. The number of hydrogen-bond donors (Lipinski definition) is 1. The number of rotatable bonds is 14. The summed E-state index contributed by atoms with van der Waals surface area (Å²) in [5.74, 6) is 0.280. The number of methoxy groups -OCH3 is 1. The highest BCUT2D eigenvalue weighted by molar-refractivity contribution is 7.92. The predicted molar refractivity (Wildman–Crippen MR) is 148 cm³/mol. The number of amides is 2. The van der Waals surface area contributed by atoms with Gasteiger partial charge in [-0.2, -0.15) is 0 Å². The fourth-order valence-electron chi connectivity index (χ4n) is 4.15. The summed E-state index contributed by atoms with van der Waals surface area (Å²) in [4.78, 5) is 28.3. The maximum absolute atomic E-state index is 13.5. The van der Waals surface area contributed by atoms with Crippen LogP contribution in [0.1, 0.15) is 57.6 Å². The Bertz CT molecular complexity index is 1150. The molecule has 0 heterocycles. The summed E-state index contributed by atoms with van der Waals surface area (Å²) in [6, 6.07) is 14.0.